The summed E-state index contributed by atoms with van der Waals surface area (Å²) in [5.74, 6) is 1.74. The zero-order chi connectivity index (χ0) is 19.2. The van der Waals surface area contributed by atoms with Crippen molar-refractivity contribution < 1.29 is 18.7 Å². The van der Waals surface area contributed by atoms with E-state index in [0.29, 0.717) is 46.2 Å². The van der Waals surface area contributed by atoms with Crippen molar-refractivity contribution in [2.75, 3.05) is 26.6 Å². The minimum atomic E-state index is -0.111. The number of halogens is 1. The summed E-state index contributed by atoms with van der Waals surface area (Å²) in [7, 11) is 3.14. The van der Waals surface area contributed by atoms with Crippen molar-refractivity contribution in [1.82, 2.24) is 14.8 Å². The van der Waals surface area contributed by atoms with Gasteiger partial charge in [0.25, 0.3) is 0 Å². The number of hydrogen-bond acceptors (Lipinski definition) is 7. The summed E-state index contributed by atoms with van der Waals surface area (Å²) >= 11 is 7.30. The van der Waals surface area contributed by atoms with E-state index >= 15 is 0 Å². The van der Waals surface area contributed by atoms with E-state index in [1.54, 1.807) is 37.6 Å². The summed E-state index contributed by atoms with van der Waals surface area (Å²) in [6, 6.07) is 8.56. The molecule has 0 unspecified atom stereocenters. The smallest absolute Gasteiger partial charge is 0.200 e. The maximum Gasteiger partial charge on any atom is 0.200 e. The average molecular weight is 408 g/mol. The van der Waals surface area contributed by atoms with Gasteiger partial charge in [0.2, 0.25) is 5.82 Å². The fraction of sp³-hybridized carbons (Fsp3) is 0.278. The van der Waals surface area contributed by atoms with Gasteiger partial charge in [0.15, 0.2) is 16.7 Å². The lowest BCUT2D eigenvalue weighted by atomic mass is 10.1. The van der Waals surface area contributed by atoms with Crippen molar-refractivity contribution >= 4 is 29.1 Å². The van der Waals surface area contributed by atoms with E-state index in [4.69, 9.17) is 25.5 Å². The maximum atomic E-state index is 12.7. The van der Waals surface area contributed by atoms with Gasteiger partial charge in [-0.05, 0) is 30.3 Å². The first kappa shape index (κ1) is 19.5. The molecule has 3 rings (SSSR count). The third kappa shape index (κ3) is 4.52. The van der Waals surface area contributed by atoms with Crippen molar-refractivity contribution in [3.63, 3.8) is 0 Å². The van der Waals surface area contributed by atoms with Crippen LogP contribution in [0.3, 0.4) is 0 Å². The van der Waals surface area contributed by atoms with Gasteiger partial charge in [-0.2, -0.15) is 0 Å². The van der Waals surface area contributed by atoms with Crippen LogP contribution >= 0.6 is 23.4 Å². The quantitative estimate of drug-likeness (QED) is 0.394. The average Bonchev–Trinajstić information content (AvgIpc) is 3.33. The standard InChI is InChI=1S/C18H18ClN3O4S/c1-24-9-7-22-17(16-4-3-8-26-16)20-21-18(22)27-11-14(23)13-10-12(19)5-6-15(13)25-2/h3-6,8,10H,7,9,11H2,1-2H3. The summed E-state index contributed by atoms with van der Waals surface area (Å²) in [5, 5.41) is 9.48. The van der Waals surface area contributed by atoms with Crippen LogP contribution in [-0.4, -0.2) is 47.1 Å². The lowest BCUT2D eigenvalue weighted by Gasteiger charge is -2.09. The zero-order valence-corrected chi connectivity index (χ0v) is 16.4. The third-order valence-corrected chi connectivity index (χ3v) is 4.97. The van der Waals surface area contributed by atoms with Gasteiger partial charge >= 0.3 is 0 Å². The number of aromatic nitrogens is 3. The summed E-state index contributed by atoms with van der Waals surface area (Å²) in [6.45, 7) is 1.02. The first-order chi connectivity index (χ1) is 13.1. The number of methoxy groups -OCH3 is 2. The lowest BCUT2D eigenvalue weighted by molar-refractivity contribution is 0.101. The number of carbonyl (C=O) groups is 1. The molecule has 0 saturated heterocycles. The molecule has 9 heteroatoms. The summed E-state index contributed by atoms with van der Waals surface area (Å²) in [4.78, 5) is 12.7. The molecule has 0 spiro atoms. The molecule has 0 bridgehead atoms. The van der Waals surface area contributed by atoms with E-state index in [2.05, 4.69) is 10.2 Å². The van der Waals surface area contributed by atoms with E-state index in [9.17, 15) is 4.79 Å². The highest BCUT2D eigenvalue weighted by atomic mass is 35.5. The van der Waals surface area contributed by atoms with E-state index in [1.165, 1.54) is 18.9 Å². The first-order valence-electron chi connectivity index (χ1n) is 8.09. The molecule has 27 heavy (non-hydrogen) atoms. The first-order valence-corrected chi connectivity index (χ1v) is 9.46. The number of benzene rings is 1. The van der Waals surface area contributed by atoms with Gasteiger partial charge in [0, 0.05) is 12.1 Å². The number of rotatable bonds is 9. The van der Waals surface area contributed by atoms with E-state index in [-0.39, 0.29) is 11.5 Å². The highest BCUT2D eigenvalue weighted by Gasteiger charge is 2.19. The lowest BCUT2D eigenvalue weighted by Crippen LogP contribution is -2.09. The Morgan fingerprint density at radius 3 is 2.85 bits per heavy atom. The molecule has 0 fully saturated rings. The van der Waals surface area contributed by atoms with E-state index in [0.717, 1.165) is 0 Å². The zero-order valence-electron chi connectivity index (χ0n) is 14.8. The molecule has 0 aliphatic heterocycles. The molecule has 0 saturated carbocycles. The summed E-state index contributed by atoms with van der Waals surface area (Å²) in [6.07, 6.45) is 1.58. The third-order valence-electron chi connectivity index (χ3n) is 3.77. The molecule has 7 nitrogen and oxygen atoms in total. The molecular weight excluding hydrogens is 390 g/mol. The Hall–Kier alpha value is -2.29. The predicted octanol–water partition coefficient (Wildman–Crippen LogP) is 3.82. The Labute approximate surface area is 165 Å². The van der Waals surface area contributed by atoms with Crippen LogP contribution < -0.4 is 4.74 Å². The maximum absolute atomic E-state index is 12.7. The predicted molar refractivity (Wildman–Crippen MR) is 103 cm³/mol. The molecule has 3 aromatic rings. The van der Waals surface area contributed by atoms with Crippen LogP contribution in [0.25, 0.3) is 11.6 Å². The van der Waals surface area contributed by atoms with Crippen molar-refractivity contribution in [3.8, 4) is 17.3 Å². The molecule has 0 aliphatic rings. The second-order valence-electron chi connectivity index (χ2n) is 5.48. The number of furan rings is 1. The van der Waals surface area contributed by atoms with E-state index in [1.807, 2.05) is 10.6 Å². The number of ether oxygens (including phenoxy) is 2. The molecule has 0 atom stereocenters. The van der Waals surface area contributed by atoms with Crippen LogP contribution in [0.2, 0.25) is 5.02 Å². The van der Waals surface area contributed by atoms with Gasteiger partial charge in [-0.15, -0.1) is 10.2 Å². The number of hydrogen-bond donors (Lipinski definition) is 0. The monoisotopic (exact) mass is 407 g/mol. The molecule has 2 heterocycles. The van der Waals surface area contributed by atoms with Crippen molar-refractivity contribution in [1.29, 1.82) is 0 Å². The van der Waals surface area contributed by atoms with Gasteiger partial charge in [-0.1, -0.05) is 23.4 Å². The van der Waals surface area contributed by atoms with Crippen molar-refractivity contribution in [2.45, 2.75) is 11.7 Å². The Balaban J connectivity index is 1.79. The van der Waals surface area contributed by atoms with Crippen LogP contribution in [0.15, 0.2) is 46.2 Å². The van der Waals surface area contributed by atoms with Gasteiger partial charge in [-0.3, -0.25) is 9.36 Å². The van der Waals surface area contributed by atoms with E-state index < -0.39 is 0 Å². The molecule has 2 aromatic heterocycles. The number of carbonyl (C=O) groups excluding carboxylic acids is 1. The molecule has 142 valence electrons. The number of ketones is 1. The molecule has 0 N–H and O–H groups in total. The van der Waals surface area contributed by atoms with Gasteiger partial charge in [-0.25, -0.2) is 0 Å². The normalized spacial score (nSPS) is 10.9. The van der Waals surface area contributed by atoms with Gasteiger partial charge < -0.3 is 13.9 Å². The van der Waals surface area contributed by atoms with Crippen molar-refractivity contribution in [2.24, 2.45) is 0 Å². The fourth-order valence-electron chi connectivity index (χ4n) is 2.47. The van der Waals surface area contributed by atoms with Crippen LogP contribution in [0.5, 0.6) is 5.75 Å². The Kier molecular flexibility index (Phi) is 6.54. The minimum absolute atomic E-state index is 0.111. The summed E-state index contributed by atoms with van der Waals surface area (Å²) in [5.41, 5.74) is 0.437. The van der Waals surface area contributed by atoms with Crippen LogP contribution in [0, 0.1) is 0 Å². The number of nitrogens with zero attached hydrogens (tertiary/aromatic N) is 3. The molecule has 0 aliphatic carbocycles. The number of Topliss-reactive ketones (excluding diaryl/α,β-unsaturated/α-hetero) is 1. The number of thioether (sulfide) groups is 1. The molecule has 0 amide bonds. The van der Waals surface area contributed by atoms with Crippen molar-refractivity contribution in [3.05, 3.63) is 47.2 Å². The molecule has 1 aromatic carbocycles. The molecule has 0 radical (unpaired) electrons. The largest absolute Gasteiger partial charge is 0.496 e. The second-order valence-corrected chi connectivity index (χ2v) is 6.86. The van der Waals surface area contributed by atoms with Crippen LogP contribution in [-0.2, 0) is 11.3 Å². The Morgan fingerprint density at radius 2 is 2.15 bits per heavy atom. The Morgan fingerprint density at radius 1 is 1.30 bits per heavy atom. The van der Waals surface area contributed by atoms with Crippen LogP contribution in [0.1, 0.15) is 10.4 Å². The minimum Gasteiger partial charge on any atom is -0.496 e. The second kappa shape index (κ2) is 9.07. The highest BCUT2D eigenvalue weighted by molar-refractivity contribution is 7.99. The van der Waals surface area contributed by atoms with Crippen LogP contribution in [0.4, 0.5) is 0 Å². The fourth-order valence-corrected chi connectivity index (χ4v) is 3.49. The topological polar surface area (TPSA) is 79.4 Å². The summed E-state index contributed by atoms with van der Waals surface area (Å²) < 4.78 is 17.7. The highest BCUT2D eigenvalue weighted by Crippen LogP contribution is 2.28. The molecular formula is C18H18ClN3O4S. The SMILES string of the molecule is COCCn1c(SCC(=O)c2cc(Cl)ccc2OC)nnc1-c1ccco1. The van der Waals surface area contributed by atoms with Gasteiger partial charge in [0.05, 0.1) is 37.8 Å². The van der Waals surface area contributed by atoms with Gasteiger partial charge in [0.1, 0.15) is 5.75 Å². The Bertz CT molecular complexity index is 911.